The summed E-state index contributed by atoms with van der Waals surface area (Å²) in [5.41, 5.74) is 19.0. The second kappa shape index (κ2) is 9.20. The maximum absolute atomic E-state index is 13.3. The lowest BCUT2D eigenvalue weighted by molar-refractivity contribution is -0.138. The molecule has 1 aliphatic heterocycles. The van der Waals surface area contributed by atoms with Gasteiger partial charge in [0.25, 0.3) is 0 Å². The summed E-state index contributed by atoms with van der Waals surface area (Å²) in [5, 5.41) is 7.51. The molecule has 1 atom stereocenters. The molecule has 33 heavy (non-hydrogen) atoms. The van der Waals surface area contributed by atoms with Crippen molar-refractivity contribution in [2.24, 2.45) is 5.11 Å². The molecule has 8 nitrogen and oxygen atoms in total. The van der Waals surface area contributed by atoms with Crippen molar-refractivity contribution in [3.63, 3.8) is 0 Å². The van der Waals surface area contributed by atoms with E-state index >= 15 is 0 Å². The number of hydrogen-bond donors (Lipinski definition) is 2. The summed E-state index contributed by atoms with van der Waals surface area (Å²) in [4.78, 5) is 29.3. The zero-order valence-electron chi connectivity index (χ0n) is 18.0. The lowest BCUT2D eigenvalue weighted by Gasteiger charge is -2.28. The Bertz CT molecular complexity index is 1310. The molecule has 1 unspecified atom stereocenters. The number of rotatable bonds is 6. The number of esters is 1. The van der Waals surface area contributed by atoms with Gasteiger partial charge >= 0.3 is 5.97 Å². The number of ketones is 1. The third-order valence-corrected chi connectivity index (χ3v) is 6.53. The minimum absolute atomic E-state index is 0.247. The molecule has 166 valence electrons. The number of ether oxygens (including phenoxy) is 1. The zero-order valence-corrected chi connectivity index (χ0v) is 18.8. The Morgan fingerprint density at radius 3 is 2.52 bits per heavy atom. The summed E-state index contributed by atoms with van der Waals surface area (Å²) in [6, 6.07) is 15.9. The number of thiophene rings is 1. The highest BCUT2D eigenvalue weighted by Gasteiger charge is 2.37. The summed E-state index contributed by atoms with van der Waals surface area (Å²) in [6.07, 6.45) is 0. The minimum Gasteiger partial charge on any atom is -0.463 e. The van der Waals surface area contributed by atoms with Gasteiger partial charge in [-0.15, -0.1) is 11.3 Å². The van der Waals surface area contributed by atoms with Crippen LogP contribution in [-0.4, -0.2) is 18.4 Å². The molecule has 0 radical (unpaired) electrons. The van der Waals surface area contributed by atoms with Crippen molar-refractivity contribution in [3.05, 3.63) is 97.9 Å². The number of nitrogen functional groups attached to an aromatic ring is 1. The molecule has 4 rings (SSSR count). The first-order valence-corrected chi connectivity index (χ1v) is 11.1. The zero-order chi connectivity index (χ0) is 23.5. The number of carbonyl (C=O) groups is 2. The first kappa shape index (κ1) is 22.1. The number of carbonyl (C=O) groups excluding carboxylic acids is 2. The topological polar surface area (TPSA) is 130 Å². The molecule has 0 amide bonds. The van der Waals surface area contributed by atoms with Crippen molar-refractivity contribution in [1.82, 2.24) is 0 Å². The first-order chi connectivity index (χ1) is 16.0. The van der Waals surface area contributed by atoms with E-state index in [2.05, 4.69) is 15.3 Å². The Balaban J connectivity index is 1.82. The molecule has 0 aliphatic carbocycles. The number of hydrogen-bond acceptors (Lipinski definition) is 7. The van der Waals surface area contributed by atoms with Crippen molar-refractivity contribution in [1.29, 1.82) is 0 Å². The average molecular weight is 460 g/mol. The predicted molar refractivity (Wildman–Crippen MR) is 129 cm³/mol. The molecule has 0 saturated heterocycles. The molecule has 0 spiro atoms. The third kappa shape index (κ3) is 4.07. The Kier molecular flexibility index (Phi) is 6.17. The van der Waals surface area contributed by atoms with Gasteiger partial charge in [-0.2, -0.15) is 0 Å². The predicted octanol–water partition coefficient (Wildman–Crippen LogP) is 5.90. The van der Waals surface area contributed by atoms with E-state index in [9.17, 15) is 9.59 Å². The van der Waals surface area contributed by atoms with Crippen LogP contribution in [0.2, 0.25) is 0 Å². The maximum Gasteiger partial charge on any atom is 0.336 e. The number of benzene rings is 2. The van der Waals surface area contributed by atoms with E-state index < -0.39 is 11.9 Å². The van der Waals surface area contributed by atoms with Gasteiger partial charge in [-0.1, -0.05) is 59.7 Å². The van der Waals surface area contributed by atoms with Gasteiger partial charge in [-0.25, -0.2) is 4.79 Å². The van der Waals surface area contributed by atoms with Gasteiger partial charge in [0, 0.05) is 33.3 Å². The van der Waals surface area contributed by atoms with Crippen LogP contribution in [0.25, 0.3) is 10.4 Å². The molecule has 1 aromatic heterocycles. The smallest absolute Gasteiger partial charge is 0.336 e. The number of nitrogens with two attached hydrogens (primary N) is 1. The fourth-order valence-electron chi connectivity index (χ4n) is 3.92. The fourth-order valence-corrected chi connectivity index (χ4v) is 5.10. The molecule has 0 bridgehead atoms. The van der Waals surface area contributed by atoms with Crippen LogP contribution in [0.3, 0.4) is 0 Å². The second-order valence-corrected chi connectivity index (χ2v) is 8.40. The highest BCUT2D eigenvalue weighted by molar-refractivity contribution is 7.19. The summed E-state index contributed by atoms with van der Waals surface area (Å²) < 4.78 is 5.34. The standard InChI is InChI=1S/C24H21N5O3S/c1-3-32-24(31)17-13(2)27-23-19(18(17)14-7-5-4-6-8-14)20(25)22(33-23)21(30)15-9-11-16(12-10-15)28-29-26/h4-12,18,27H,3,25H2,1-2H3. The first-order valence-electron chi connectivity index (χ1n) is 10.3. The third-order valence-electron chi connectivity index (χ3n) is 5.39. The molecular formula is C24H21N5O3S. The molecule has 3 aromatic rings. The molecule has 0 fully saturated rings. The average Bonchev–Trinajstić information content (AvgIpc) is 3.14. The number of fused-ring (bicyclic) bond motifs is 1. The summed E-state index contributed by atoms with van der Waals surface area (Å²) in [6.45, 7) is 3.82. The van der Waals surface area contributed by atoms with Gasteiger partial charge in [0.05, 0.1) is 22.9 Å². The number of azide groups is 1. The van der Waals surface area contributed by atoms with Crippen LogP contribution in [0.1, 0.15) is 46.1 Å². The van der Waals surface area contributed by atoms with E-state index in [0.29, 0.717) is 38.6 Å². The monoisotopic (exact) mass is 459 g/mol. The summed E-state index contributed by atoms with van der Waals surface area (Å²) in [5.74, 6) is -1.14. The van der Waals surface area contributed by atoms with Gasteiger partial charge in [-0.3, -0.25) is 4.79 Å². The highest BCUT2D eigenvalue weighted by Crippen LogP contribution is 2.50. The Morgan fingerprint density at radius 1 is 1.18 bits per heavy atom. The van der Waals surface area contributed by atoms with Crippen molar-refractivity contribution >= 4 is 39.5 Å². The summed E-state index contributed by atoms with van der Waals surface area (Å²) in [7, 11) is 0. The Hall–Kier alpha value is -4.07. The van der Waals surface area contributed by atoms with Crippen molar-refractivity contribution in [3.8, 4) is 0 Å². The number of anilines is 2. The molecular weight excluding hydrogens is 438 g/mol. The summed E-state index contributed by atoms with van der Waals surface area (Å²) >= 11 is 1.25. The molecule has 0 saturated carbocycles. The van der Waals surface area contributed by atoms with Crippen molar-refractivity contribution in [2.75, 3.05) is 17.7 Å². The fraction of sp³-hybridized carbons (Fsp3) is 0.167. The second-order valence-electron chi connectivity index (χ2n) is 7.38. The van der Waals surface area contributed by atoms with Crippen molar-refractivity contribution in [2.45, 2.75) is 19.8 Å². The van der Waals surface area contributed by atoms with Gasteiger partial charge in [-0.05, 0) is 24.9 Å². The minimum atomic E-state index is -0.466. The van der Waals surface area contributed by atoms with Crippen LogP contribution in [0, 0.1) is 0 Å². The molecule has 2 aromatic carbocycles. The van der Waals surface area contributed by atoms with Gasteiger partial charge in [0.15, 0.2) is 0 Å². The van der Waals surface area contributed by atoms with E-state index in [-0.39, 0.29) is 12.4 Å². The molecule has 3 N–H and O–H groups in total. The largest absolute Gasteiger partial charge is 0.463 e. The molecule has 1 aliphatic rings. The SMILES string of the molecule is CCOC(=O)C1=C(C)Nc2sc(C(=O)c3ccc(N=[N+]=[N-])cc3)c(N)c2C1c1ccccc1. The number of nitrogens with one attached hydrogen (secondary N) is 1. The van der Waals surface area contributed by atoms with Crippen LogP contribution in [0.15, 0.2) is 71.0 Å². The van der Waals surface area contributed by atoms with Crippen LogP contribution in [0.5, 0.6) is 0 Å². The lowest BCUT2D eigenvalue weighted by Crippen LogP contribution is -2.24. The molecule has 2 heterocycles. The number of allylic oxidation sites excluding steroid dienone is 1. The normalized spacial score (nSPS) is 14.7. The highest BCUT2D eigenvalue weighted by atomic mass is 32.1. The van der Waals surface area contributed by atoms with E-state index in [4.69, 9.17) is 16.0 Å². The van der Waals surface area contributed by atoms with E-state index in [1.807, 2.05) is 37.3 Å². The quantitative estimate of drug-likeness (QED) is 0.156. The van der Waals surface area contributed by atoms with Gasteiger partial charge in [0.1, 0.15) is 4.88 Å². The van der Waals surface area contributed by atoms with Gasteiger partial charge in [0.2, 0.25) is 5.78 Å². The molecule has 9 heteroatoms. The van der Waals surface area contributed by atoms with Crippen LogP contribution >= 0.6 is 11.3 Å². The van der Waals surface area contributed by atoms with E-state index in [0.717, 1.165) is 10.6 Å². The van der Waals surface area contributed by atoms with Crippen LogP contribution in [-0.2, 0) is 9.53 Å². The Morgan fingerprint density at radius 2 is 1.88 bits per heavy atom. The van der Waals surface area contributed by atoms with Crippen LogP contribution in [0.4, 0.5) is 16.4 Å². The van der Waals surface area contributed by atoms with Crippen LogP contribution < -0.4 is 11.1 Å². The van der Waals surface area contributed by atoms with E-state index in [1.54, 1.807) is 31.2 Å². The maximum atomic E-state index is 13.3. The Labute approximate surface area is 194 Å². The number of nitrogens with zero attached hydrogens (tertiary/aromatic N) is 3. The lowest BCUT2D eigenvalue weighted by atomic mass is 9.81. The van der Waals surface area contributed by atoms with Gasteiger partial charge < -0.3 is 15.8 Å². The van der Waals surface area contributed by atoms with E-state index in [1.165, 1.54) is 11.3 Å². The van der Waals surface area contributed by atoms with Crippen molar-refractivity contribution < 1.29 is 14.3 Å².